The summed E-state index contributed by atoms with van der Waals surface area (Å²) in [5.41, 5.74) is -0.176. The Hall–Kier alpha value is -0.420. The van der Waals surface area contributed by atoms with E-state index in [0.29, 0.717) is 11.8 Å². The van der Waals surface area contributed by atoms with Gasteiger partial charge in [-0.05, 0) is 78.6 Å². The van der Waals surface area contributed by atoms with E-state index < -0.39 is 5.97 Å². The molecule has 0 heterocycles. The first-order valence-corrected chi connectivity index (χ1v) is 8.24. The summed E-state index contributed by atoms with van der Waals surface area (Å²) in [5.74, 6) is 2.49. The van der Waals surface area contributed by atoms with Crippen LogP contribution in [0.15, 0.2) is 0 Å². The largest absolute Gasteiger partial charge is 0.455 e. The molecule has 0 aromatic heterocycles. The Morgan fingerprint density at radius 1 is 1.05 bits per heavy atom. The Labute approximate surface area is 127 Å². The molecule has 4 aliphatic carbocycles. The van der Waals surface area contributed by atoms with Crippen LogP contribution in [0.25, 0.3) is 0 Å². The molecule has 4 rings (SSSR count). The van der Waals surface area contributed by atoms with Crippen molar-refractivity contribution in [3.8, 4) is 0 Å². The number of rotatable bonds is 5. The maximum Gasteiger partial charge on any atom is 0.332 e. The lowest BCUT2D eigenvalue weighted by Gasteiger charge is -2.59. The van der Waals surface area contributed by atoms with Crippen molar-refractivity contribution in [1.29, 1.82) is 0 Å². The molecule has 0 atom stereocenters. The highest BCUT2D eigenvalue weighted by Crippen LogP contribution is 2.59. The summed E-state index contributed by atoms with van der Waals surface area (Å²) in [6.07, 6.45) is 6.40. The Kier molecular flexibility index (Phi) is 3.93. The third-order valence-electron chi connectivity index (χ3n) is 5.61. The molecule has 0 aromatic rings. The van der Waals surface area contributed by atoms with Crippen LogP contribution >= 0.6 is 15.9 Å². The quantitative estimate of drug-likeness (QED) is 0.568. The molecule has 5 heteroatoms. The fourth-order valence-corrected chi connectivity index (χ4v) is 4.86. The lowest BCUT2D eigenvalue weighted by atomic mass is 9.50. The van der Waals surface area contributed by atoms with Crippen molar-refractivity contribution < 1.29 is 19.1 Å². The normalized spacial score (nSPS) is 41.7. The first kappa shape index (κ1) is 14.5. The molecular formula is C15H21BrO4. The maximum atomic E-state index is 11.6. The van der Waals surface area contributed by atoms with Crippen LogP contribution in [0.3, 0.4) is 0 Å². The summed E-state index contributed by atoms with van der Waals surface area (Å²) >= 11 is 2.74. The average molecular weight is 345 g/mol. The molecule has 4 nitrogen and oxygen atoms in total. The summed E-state index contributed by atoms with van der Waals surface area (Å²) in [6.45, 7) is 1.90. The Morgan fingerprint density at radius 2 is 1.60 bits per heavy atom. The molecule has 0 aromatic carbocycles. The van der Waals surface area contributed by atoms with E-state index in [4.69, 9.17) is 9.47 Å². The number of ether oxygens (including phenoxy) is 2. The SMILES string of the molecule is CC1(OCC(=O)OCC(=O)Br)C2CC3CC(C2)CC1C3. The predicted molar refractivity (Wildman–Crippen MR) is 76.3 cm³/mol. The monoisotopic (exact) mass is 344 g/mol. The van der Waals surface area contributed by atoms with Gasteiger partial charge in [0.25, 0.3) is 0 Å². The zero-order chi connectivity index (χ0) is 14.3. The molecule has 0 spiro atoms. The first-order chi connectivity index (χ1) is 9.47. The van der Waals surface area contributed by atoms with E-state index >= 15 is 0 Å². The van der Waals surface area contributed by atoms with Crippen LogP contribution in [0.4, 0.5) is 0 Å². The third kappa shape index (κ3) is 2.67. The van der Waals surface area contributed by atoms with Crippen LogP contribution < -0.4 is 0 Å². The van der Waals surface area contributed by atoms with E-state index in [-0.39, 0.29) is 23.5 Å². The van der Waals surface area contributed by atoms with E-state index in [1.807, 2.05) is 0 Å². The fourth-order valence-electron chi connectivity index (χ4n) is 4.75. The van der Waals surface area contributed by atoms with Crippen LogP contribution in [0.5, 0.6) is 0 Å². The van der Waals surface area contributed by atoms with E-state index in [1.54, 1.807) is 0 Å². The van der Waals surface area contributed by atoms with Crippen molar-refractivity contribution in [3.05, 3.63) is 0 Å². The standard InChI is InChI=1S/C15H21BrO4/c1-15(20-8-14(18)19-7-13(16)17)11-3-9-2-10(5-11)6-12(15)4-9/h9-12H,2-8H2,1H3. The molecule has 4 saturated carbocycles. The maximum absolute atomic E-state index is 11.6. The molecule has 4 bridgehead atoms. The second-order valence-electron chi connectivity index (χ2n) is 6.79. The molecule has 112 valence electrons. The zero-order valence-electron chi connectivity index (χ0n) is 11.8. The molecule has 0 unspecified atom stereocenters. The van der Waals surface area contributed by atoms with Gasteiger partial charge >= 0.3 is 5.97 Å². The number of hydrogen-bond donors (Lipinski definition) is 0. The van der Waals surface area contributed by atoms with Gasteiger partial charge in [0.1, 0.15) is 6.61 Å². The highest BCUT2D eigenvalue weighted by atomic mass is 79.9. The van der Waals surface area contributed by atoms with Crippen molar-refractivity contribution >= 4 is 26.6 Å². The number of esters is 1. The summed E-state index contributed by atoms with van der Waals surface area (Å²) < 4.78 is 10.5. The highest BCUT2D eigenvalue weighted by molar-refractivity contribution is 9.18. The zero-order valence-corrected chi connectivity index (χ0v) is 13.4. The van der Waals surface area contributed by atoms with Crippen LogP contribution in [0.1, 0.15) is 39.0 Å². The van der Waals surface area contributed by atoms with Gasteiger partial charge in [-0.2, -0.15) is 0 Å². The van der Waals surface area contributed by atoms with Crippen molar-refractivity contribution in [2.45, 2.75) is 44.6 Å². The summed E-state index contributed by atoms with van der Waals surface area (Å²) in [5, 5.41) is 0. The second-order valence-corrected chi connectivity index (χ2v) is 7.68. The molecule has 20 heavy (non-hydrogen) atoms. The number of carbonyl (C=O) groups is 2. The molecule has 4 aliphatic rings. The smallest absolute Gasteiger partial charge is 0.332 e. The highest BCUT2D eigenvalue weighted by Gasteiger charge is 2.55. The summed E-state index contributed by atoms with van der Waals surface area (Å²) in [6, 6.07) is 0. The predicted octanol–water partition coefficient (Wildman–Crippen LogP) is 2.68. The molecule has 0 aliphatic heterocycles. The van der Waals surface area contributed by atoms with Gasteiger partial charge < -0.3 is 9.47 Å². The van der Waals surface area contributed by atoms with Crippen LogP contribution in [0, 0.1) is 23.7 Å². The fraction of sp³-hybridized carbons (Fsp3) is 0.867. The Balaban J connectivity index is 1.56. The molecule has 0 N–H and O–H groups in total. The van der Waals surface area contributed by atoms with Gasteiger partial charge in [-0.15, -0.1) is 0 Å². The van der Waals surface area contributed by atoms with E-state index in [1.165, 1.54) is 32.1 Å². The van der Waals surface area contributed by atoms with E-state index in [9.17, 15) is 9.59 Å². The van der Waals surface area contributed by atoms with Crippen molar-refractivity contribution in [2.75, 3.05) is 13.2 Å². The topological polar surface area (TPSA) is 52.6 Å². The third-order valence-corrected chi connectivity index (χ3v) is 5.84. The Bertz CT molecular complexity index is 392. The van der Waals surface area contributed by atoms with Gasteiger partial charge in [0.2, 0.25) is 4.69 Å². The molecular weight excluding hydrogens is 324 g/mol. The minimum atomic E-state index is -0.451. The number of halogens is 1. The molecule has 0 amide bonds. The molecule has 4 fully saturated rings. The van der Waals surface area contributed by atoms with Crippen molar-refractivity contribution in [2.24, 2.45) is 23.7 Å². The van der Waals surface area contributed by atoms with Gasteiger partial charge in [0, 0.05) is 0 Å². The Morgan fingerprint density at radius 3 is 2.10 bits per heavy atom. The number of carbonyl (C=O) groups excluding carboxylic acids is 2. The lowest BCUT2D eigenvalue weighted by Crippen LogP contribution is -2.57. The van der Waals surface area contributed by atoms with Crippen LogP contribution in [-0.4, -0.2) is 29.5 Å². The second kappa shape index (κ2) is 5.41. The van der Waals surface area contributed by atoms with Crippen molar-refractivity contribution in [1.82, 2.24) is 0 Å². The summed E-state index contributed by atoms with van der Waals surface area (Å²) in [4.78, 5) is 22.3. The minimum absolute atomic E-state index is 0.0425. The average Bonchev–Trinajstić information content (AvgIpc) is 2.39. The van der Waals surface area contributed by atoms with Gasteiger partial charge in [0.05, 0.1) is 5.60 Å². The van der Waals surface area contributed by atoms with Crippen molar-refractivity contribution in [3.63, 3.8) is 0 Å². The summed E-state index contributed by atoms with van der Waals surface area (Å²) in [7, 11) is 0. The molecule has 0 saturated heterocycles. The minimum Gasteiger partial charge on any atom is -0.455 e. The lowest BCUT2D eigenvalue weighted by molar-refractivity contribution is -0.202. The van der Waals surface area contributed by atoms with Gasteiger partial charge in [0.15, 0.2) is 6.61 Å². The van der Waals surface area contributed by atoms with Crippen LogP contribution in [0.2, 0.25) is 0 Å². The van der Waals surface area contributed by atoms with E-state index in [0.717, 1.165) is 11.8 Å². The number of hydrogen-bond acceptors (Lipinski definition) is 4. The van der Waals surface area contributed by atoms with E-state index in [2.05, 4.69) is 22.9 Å². The molecule has 0 radical (unpaired) electrons. The van der Waals surface area contributed by atoms with Crippen LogP contribution in [-0.2, 0) is 19.1 Å². The van der Waals surface area contributed by atoms with Gasteiger partial charge in [-0.25, -0.2) is 4.79 Å². The first-order valence-electron chi connectivity index (χ1n) is 7.45. The van der Waals surface area contributed by atoms with Gasteiger partial charge in [-0.3, -0.25) is 4.79 Å². The van der Waals surface area contributed by atoms with Gasteiger partial charge in [-0.1, -0.05) is 0 Å².